The second kappa shape index (κ2) is 9.01. The number of guanidine groups is 1. The van der Waals surface area contributed by atoms with Crippen molar-refractivity contribution in [3.8, 4) is 0 Å². The lowest BCUT2D eigenvalue weighted by molar-refractivity contribution is 0.298. The molecule has 1 saturated carbocycles. The Hall–Kier alpha value is -0.990. The van der Waals surface area contributed by atoms with Crippen molar-refractivity contribution in [1.82, 2.24) is 10.6 Å². The van der Waals surface area contributed by atoms with E-state index in [-0.39, 0.29) is 0 Å². The molecule has 0 aromatic heterocycles. The quantitative estimate of drug-likeness (QED) is 0.341. The fraction of sp³-hybridized carbons (Fsp3) is 0.800. The summed E-state index contributed by atoms with van der Waals surface area (Å²) >= 11 is 0. The Morgan fingerprint density at radius 2 is 2.22 bits per heavy atom. The van der Waals surface area contributed by atoms with Crippen molar-refractivity contribution in [3.63, 3.8) is 0 Å². The zero-order chi connectivity index (χ0) is 13.2. The monoisotopic (exact) mass is 251 g/mol. The summed E-state index contributed by atoms with van der Waals surface area (Å²) in [6.07, 6.45) is 12.0. The highest BCUT2D eigenvalue weighted by Crippen LogP contribution is 2.26. The molecule has 1 aliphatic rings. The highest BCUT2D eigenvalue weighted by Gasteiger charge is 2.21. The summed E-state index contributed by atoms with van der Waals surface area (Å²) < 4.78 is 0. The van der Waals surface area contributed by atoms with Gasteiger partial charge in [0.2, 0.25) is 0 Å². The Labute approximate surface area is 112 Å². The molecule has 0 spiro atoms. The SMILES string of the molecule is C/C=C/CCNC(=NC)NC1CCCC(CC)C1. The minimum atomic E-state index is 0.608. The molecule has 0 bridgehead atoms. The zero-order valence-electron chi connectivity index (χ0n) is 12.2. The Balaban J connectivity index is 2.29. The topological polar surface area (TPSA) is 36.4 Å². The number of hydrogen-bond donors (Lipinski definition) is 2. The third-order valence-corrected chi connectivity index (χ3v) is 3.76. The van der Waals surface area contributed by atoms with Crippen molar-refractivity contribution in [1.29, 1.82) is 0 Å². The van der Waals surface area contributed by atoms with Gasteiger partial charge in [-0.2, -0.15) is 0 Å². The van der Waals surface area contributed by atoms with Crippen LogP contribution in [-0.4, -0.2) is 25.6 Å². The van der Waals surface area contributed by atoms with Crippen LogP contribution in [-0.2, 0) is 0 Å². The van der Waals surface area contributed by atoms with Gasteiger partial charge in [-0.25, -0.2) is 0 Å². The summed E-state index contributed by atoms with van der Waals surface area (Å²) in [5.74, 6) is 1.86. The molecule has 0 amide bonds. The third kappa shape index (κ3) is 5.56. The lowest BCUT2D eigenvalue weighted by atomic mass is 9.84. The second-order valence-corrected chi connectivity index (χ2v) is 5.14. The summed E-state index contributed by atoms with van der Waals surface area (Å²) in [5, 5.41) is 6.93. The van der Waals surface area contributed by atoms with E-state index in [0.717, 1.165) is 24.8 Å². The highest BCUT2D eigenvalue weighted by molar-refractivity contribution is 5.79. The van der Waals surface area contributed by atoms with E-state index in [2.05, 4.69) is 41.6 Å². The number of aliphatic imine (C=N–C) groups is 1. The molecule has 1 aliphatic carbocycles. The molecule has 3 nitrogen and oxygen atoms in total. The summed E-state index contributed by atoms with van der Waals surface area (Å²) in [6, 6.07) is 0.608. The molecule has 1 rings (SSSR count). The Morgan fingerprint density at radius 3 is 2.89 bits per heavy atom. The van der Waals surface area contributed by atoms with Crippen LogP contribution < -0.4 is 10.6 Å². The predicted octanol–water partition coefficient (Wildman–Crippen LogP) is 3.09. The van der Waals surface area contributed by atoms with Crippen LogP contribution in [0.4, 0.5) is 0 Å². The van der Waals surface area contributed by atoms with Crippen molar-refractivity contribution in [2.45, 2.75) is 58.4 Å². The zero-order valence-corrected chi connectivity index (χ0v) is 12.2. The molecule has 104 valence electrons. The van der Waals surface area contributed by atoms with Crippen molar-refractivity contribution < 1.29 is 0 Å². The Kier molecular flexibility index (Phi) is 7.54. The average Bonchev–Trinajstić information content (AvgIpc) is 2.42. The molecular formula is C15H29N3. The second-order valence-electron chi connectivity index (χ2n) is 5.14. The van der Waals surface area contributed by atoms with E-state index in [1.165, 1.54) is 32.1 Å². The van der Waals surface area contributed by atoms with Crippen molar-refractivity contribution in [2.24, 2.45) is 10.9 Å². The molecule has 0 saturated heterocycles. The summed E-state index contributed by atoms with van der Waals surface area (Å²) in [5.41, 5.74) is 0. The average molecular weight is 251 g/mol. The molecule has 0 heterocycles. The number of hydrogen-bond acceptors (Lipinski definition) is 1. The lowest BCUT2D eigenvalue weighted by Gasteiger charge is -2.30. The van der Waals surface area contributed by atoms with Gasteiger partial charge >= 0.3 is 0 Å². The van der Waals surface area contributed by atoms with E-state index in [0.29, 0.717) is 6.04 Å². The predicted molar refractivity (Wildman–Crippen MR) is 80.0 cm³/mol. The van der Waals surface area contributed by atoms with Gasteiger partial charge in [-0.15, -0.1) is 0 Å². The molecule has 1 fully saturated rings. The van der Waals surface area contributed by atoms with Gasteiger partial charge in [0.25, 0.3) is 0 Å². The molecular weight excluding hydrogens is 222 g/mol. The summed E-state index contributed by atoms with van der Waals surface area (Å²) in [6.45, 7) is 5.31. The van der Waals surface area contributed by atoms with Gasteiger partial charge in [-0.3, -0.25) is 4.99 Å². The highest BCUT2D eigenvalue weighted by atomic mass is 15.2. The van der Waals surface area contributed by atoms with Crippen LogP contribution in [0.1, 0.15) is 52.4 Å². The van der Waals surface area contributed by atoms with E-state index >= 15 is 0 Å². The minimum Gasteiger partial charge on any atom is -0.356 e. The summed E-state index contributed by atoms with van der Waals surface area (Å²) in [4.78, 5) is 4.30. The number of allylic oxidation sites excluding steroid dienone is 1. The molecule has 2 unspecified atom stereocenters. The van der Waals surface area contributed by atoms with Gasteiger partial charge in [0.1, 0.15) is 0 Å². The molecule has 3 heteroatoms. The molecule has 2 atom stereocenters. The van der Waals surface area contributed by atoms with Gasteiger partial charge in [-0.05, 0) is 32.1 Å². The fourth-order valence-corrected chi connectivity index (χ4v) is 2.62. The van der Waals surface area contributed by atoms with E-state index in [1.54, 1.807) is 0 Å². The first-order valence-corrected chi connectivity index (χ1v) is 7.38. The number of rotatable bonds is 5. The molecule has 0 aromatic rings. The number of nitrogens with one attached hydrogen (secondary N) is 2. The van der Waals surface area contributed by atoms with Gasteiger partial charge < -0.3 is 10.6 Å². The molecule has 0 aromatic carbocycles. The van der Waals surface area contributed by atoms with Crippen molar-refractivity contribution in [2.75, 3.05) is 13.6 Å². The molecule has 0 radical (unpaired) electrons. The lowest BCUT2D eigenvalue weighted by Crippen LogP contribution is -2.45. The van der Waals surface area contributed by atoms with Crippen LogP contribution in [0.25, 0.3) is 0 Å². The first kappa shape index (κ1) is 15.1. The van der Waals surface area contributed by atoms with Gasteiger partial charge in [0.15, 0.2) is 5.96 Å². The summed E-state index contributed by atoms with van der Waals surface area (Å²) in [7, 11) is 1.85. The molecule has 2 N–H and O–H groups in total. The third-order valence-electron chi connectivity index (χ3n) is 3.76. The van der Waals surface area contributed by atoms with E-state index in [1.807, 2.05) is 7.05 Å². The van der Waals surface area contributed by atoms with Crippen LogP contribution in [0.3, 0.4) is 0 Å². The molecule has 0 aliphatic heterocycles. The van der Waals surface area contributed by atoms with Crippen molar-refractivity contribution in [3.05, 3.63) is 12.2 Å². The normalized spacial score (nSPS) is 25.4. The van der Waals surface area contributed by atoms with Crippen LogP contribution in [0.2, 0.25) is 0 Å². The van der Waals surface area contributed by atoms with Gasteiger partial charge in [0, 0.05) is 19.6 Å². The first-order chi connectivity index (χ1) is 8.80. The van der Waals surface area contributed by atoms with Crippen LogP contribution in [0.15, 0.2) is 17.1 Å². The van der Waals surface area contributed by atoms with Gasteiger partial charge in [-0.1, -0.05) is 38.3 Å². The first-order valence-electron chi connectivity index (χ1n) is 7.38. The maximum Gasteiger partial charge on any atom is 0.191 e. The largest absolute Gasteiger partial charge is 0.356 e. The minimum absolute atomic E-state index is 0.608. The maximum atomic E-state index is 4.30. The van der Waals surface area contributed by atoms with E-state index < -0.39 is 0 Å². The smallest absolute Gasteiger partial charge is 0.191 e. The van der Waals surface area contributed by atoms with Crippen LogP contribution in [0, 0.1) is 5.92 Å². The van der Waals surface area contributed by atoms with Gasteiger partial charge in [0.05, 0.1) is 0 Å². The standard InChI is InChI=1S/C15H29N3/c1-4-6-7-11-17-15(16-3)18-14-10-8-9-13(5-2)12-14/h4,6,13-14H,5,7-12H2,1-3H3,(H2,16,17,18)/b6-4+. The maximum absolute atomic E-state index is 4.30. The van der Waals surface area contributed by atoms with Crippen molar-refractivity contribution >= 4 is 5.96 Å². The molecule has 18 heavy (non-hydrogen) atoms. The Morgan fingerprint density at radius 1 is 1.39 bits per heavy atom. The fourth-order valence-electron chi connectivity index (χ4n) is 2.62. The van der Waals surface area contributed by atoms with E-state index in [9.17, 15) is 0 Å². The number of nitrogens with zero attached hydrogens (tertiary/aromatic N) is 1. The van der Waals surface area contributed by atoms with Crippen LogP contribution >= 0.6 is 0 Å². The Bertz CT molecular complexity index is 271. The van der Waals surface area contributed by atoms with E-state index in [4.69, 9.17) is 0 Å². The van der Waals surface area contributed by atoms with Crippen LogP contribution in [0.5, 0.6) is 0 Å².